The standard InChI is InChI=1S/C11H16O3/c1-3-5-6-7-8-9(12)10(13)11(8)14-4-2/h3-7H2,1-2H3. The molecule has 0 radical (unpaired) electrons. The lowest BCUT2D eigenvalue weighted by molar-refractivity contribution is 0.327. The third-order valence-electron chi connectivity index (χ3n) is 2.28. The Morgan fingerprint density at radius 2 is 1.79 bits per heavy atom. The van der Waals surface area contributed by atoms with Crippen molar-refractivity contribution in [1.29, 1.82) is 0 Å². The van der Waals surface area contributed by atoms with E-state index < -0.39 is 5.43 Å². The Bertz CT molecular complexity index is 358. The van der Waals surface area contributed by atoms with Crippen LogP contribution in [-0.4, -0.2) is 6.61 Å². The topological polar surface area (TPSA) is 43.4 Å². The van der Waals surface area contributed by atoms with Gasteiger partial charge >= 0.3 is 0 Å². The highest BCUT2D eigenvalue weighted by atomic mass is 16.5. The molecule has 0 aliphatic carbocycles. The molecule has 78 valence electrons. The summed E-state index contributed by atoms with van der Waals surface area (Å²) in [7, 11) is 0. The number of hydrogen-bond donors (Lipinski definition) is 0. The van der Waals surface area contributed by atoms with Crippen LogP contribution in [0.3, 0.4) is 0 Å². The number of hydrogen-bond acceptors (Lipinski definition) is 3. The first kappa shape index (κ1) is 11.0. The molecule has 0 saturated carbocycles. The molecule has 0 bridgehead atoms. The maximum atomic E-state index is 11.2. The van der Waals surface area contributed by atoms with Crippen LogP contribution in [-0.2, 0) is 6.42 Å². The molecule has 0 amide bonds. The van der Waals surface area contributed by atoms with Crippen LogP contribution in [0.5, 0.6) is 5.75 Å². The monoisotopic (exact) mass is 196 g/mol. The lowest BCUT2D eigenvalue weighted by Crippen LogP contribution is -2.36. The molecule has 1 rings (SSSR count). The van der Waals surface area contributed by atoms with Gasteiger partial charge in [-0.05, 0) is 19.8 Å². The first-order valence-electron chi connectivity index (χ1n) is 5.17. The molecule has 0 spiro atoms. The van der Waals surface area contributed by atoms with Crippen molar-refractivity contribution in [2.75, 3.05) is 6.61 Å². The minimum Gasteiger partial charge on any atom is -0.489 e. The van der Waals surface area contributed by atoms with Gasteiger partial charge in [-0.2, -0.15) is 0 Å². The van der Waals surface area contributed by atoms with Gasteiger partial charge in [-0.25, -0.2) is 0 Å². The zero-order valence-corrected chi connectivity index (χ0v) is 8.76. The number of ether oxygens (including phenoxy) is 1. The predicted molar refractivity (Wildman–Crippen MR) is 55.8 cm³/mol. The van der Waals surface area contributed by atoms with Crippen molar-refractivity contribution in [3.05, 3.63) is 26.0 Å². The van der Waals surface area contributed by atoms with Crippen molar-refractivity contribution in [2.24, 2.45) is 0 Å². The minimum atomic E-state index is -0.446. The average Bonchev–Trinajstić information content (AvgIpc) is 2.21. The van der Waals surface area contributed by atoms with Gasteiger partial charge in [0, 0.05) is 5.56 Å². The van der Waals surface area contributed by atoms with Crippen molar-refractivity contribution in [1.82, 2.24) is 0 Å². The molecule has 0 aliphatic rings. The van der Waals surface area contributed by atoms with Crippen LogP contribution in [0.2, 0.25) is 0 Å². The van der Waals surface area contributed by atoms with E-state index in [2.05, 4.69) is 6.92 Å². The maximum absolute atomic E-state index is 11.2. The molecule has 0 heterocycles. The van der Waals surface area contributed by atoms with E-state index >= 15 is 0 Å². The van der Waals surface area contributed by atoms with Crippen molar-refractivity contribution in [2.45, 2.75) is 39.5 Å². The fourth-order valence-electron chi connectivity index (χ4n) is 1.49. The second kappa shape index (κ2) is 4.94. The van der Waals surface area contributed by atoms with Crippen LogP contribution in [0.25, 0.3) is 0 Å². The van der Waals surface area contributed by atoms with Gasteiger partial charge in [0.05, 0.1) is 6.61 Å². The van der Waals surface area contributed by atoms with Gasteiger partial charge in [0.25, 0.3) is 5.43 Å². The quantitative estimate of drug-likeness (QED) is 0.510. The van der Waals surface area contributed by atoms with Gasteiger partial charge in [0.1, 0.15) is 0 Å². The summed E-state index contributed by atoms with van der Waals surface area (Å²) >= 11 is 0. The molecular weight excluding hydrogens is 180 g/mol. The summed E-state index contributed by atoms with van der Waals surface area (Å²) in [5.74, 6) is 0.314. The normalized spacial score (nSPS) is 10.7. The Hall–Kier alpha value is -1.12. The molecule has 0 atom stereocenters. The third-order valence-corrected chi connectivity index (χ3v) is 2.28. The highest BCUT2D eigenvalue weighted by molar-refractivity contribution is 5.39. The predicted octanol–water partition coefficient (Wildman–Crippen LogP) is 1.41. The van der Waals surface area contributed by atoms with E-state index in [1.807, 2.05) is 6.92 Å². The Morgan fingerprint density at radius 3 is 2.36 bits per heavy atom. The van der Waals surface area contributed by atoms with E-state index in [4.69, 9.17) is 4.74 Å². The van der Waals surface area contributed by atoms with Gasteiger partial charge < -0.3 is 4.74 Å². The van der Waals surface area contributed by atoms with Gasteiger partial charge in [-0.1, -0.05) is 19.8 Å². The smallest absolute Gasteiger partial charge is 0.268 e. The van der Waals surface area contributed by atoms with E-state index in [0.717, 1.165) is 19.3 Å². The molecule has 0 fully saturated rings. The van der Waals surface area contributed by atoms with Gasteiger partial charge in [-0.3, -0.25) is 9.59 Å². The fraction of sp³-hybridized carbons (Fsp3) is 0.636. The van der Waals surface area contributed by atoms with Crippen LogP contribution in [0.15, 0.2) is 9.59 Å². The molecule has 0 unspecified atom stereocenters. The Morgan fingerprint density at radius 1 is 1.07 bits per heavy atom. The lowest BCUT2D eigenvalue weighted by Gasteiger charge is -2.10. The summed E-state index contributed by atoms with van der Waals surface area (Å²) in [5, 5.41) is 0. The largest absolute Gasteiger partial charge is 0.489 e. The molecule has 0 saturated heterocycles. The highest BCUT2D eigenvalue weighted by Crippen LogP contribution is 2.14. The van der Waals surface area contributed by atoms with Gasteiger partial charge in [-0.15, -0.1) is 0 Å². The van der Waals surface area contributed by atoms with Gasteiger partial charge in [0.15, 0.2) is 5.75 Å². The molecule has 14 heavy (non-hydrogen) atoms. The Kier molecular flexibility index (Phi) is 3.86. The van der Waals surface area contributed by atoms with Crippen LogP contribution in [0, 0.1) is 0 Å². The Labute approximate surface area is 83.4 Å². The molecule has 1 aromatic carbocycles. The number of unbranched alkanes of at least 4 members (excludes halogenated alkanes) is 2. The van der Waals surface area contributed by atoms with Gasteiger partial charge in [0.2, 0.25) is 5.43 Å². The lowest BCUT2D eigenvalue weighted by atomic mass is 10.0. The van der Waals surface area contributed by atoms with E-state index in [1.165, 1.54) is 0 Å². The zero-order chi connectivity index (χ0) is 10.6. The van der Waals surface area contributed by atoms with Crippen molar-refractivity contribution >= 4 is 0 Å². The van der Waals surface area contributed by atoms with E-state index in [-0.39, 0.29) is 5.43 Å². The average molecular weight is 196 g/mol. The summed E-state index contributed by atoms with van der Waals surface area (Å²) in [6.45, 7) is 4.37. The third kappa shape index (κ3) is 2.03. The van der Waals surface area contributed by atoms with Crippen molar-refractivity contribution in [3.63, 3.8) is 0 Å². The first-order chi connectivity index (χ1) is 6.72. The van der Waals surface area contributed by atoms with E-state index in [0.29, 0.717) is 24.3 Å². The molecular formula is C11H16O3. The molecule has 0 N–H and O–H groups in total. The van der Waals surface area contributed by atoms with Crippen LogP contribution in [0.4, 0.5) is 0 Å². The summed E-state index contributed by atoms with van der Waals surface area (Å²) in [4.78, 5) is 22.2. The second-order valence-electron chi connectivity index (χ2n) is 3.36. The second-order valence-corrected chi connectivity index (χ2v) is 3.36. The van der Waals surface area contributed by atoms with Crippen LogP contribution < -0.4 is 15.6 Å². The van der Waals surface area contributed by atoms with E-state index in [9.17, 15) is 9.59 Å². The maximum Gasteiger partial charge on any atom is 0.268 e. The summed E-state index contributed by atoms with van der Waals surface area (Å²) in [5.41, 5.74) is -0.187. The molecule has 1 aromatic rings. The SMILES string of the molecule is CCCCCc1c(OCC)c(=O)c1=O. The molecule has 3 heteroatoms. The van der Waals surface area contributed by atoms with Crippen LogP contribution in [0.1, 0.15) is 38.7 Å². The fourth-order valence-corrected chi connectivity index (χ4v) is 1.49. The summed E-state index contributed by atoms with van der Waals surface area (Å²) in [6.07, 6.45) is 3.85. The number of rotatable bonds is 6. The zero-order valence-electron chi connectivity index (χ0n) is 8.76. The minimum absolute atomic E-state index is 0.314. The molecule has 0 aromatic heterocycles. The molecule has 0 aliphatic heterocycles. The highest BCUT2D eigenvalue weighted by Gasteiger charge is 2.20. The van der Waals surface area contributed by atoms with Crippen molar-refractivity contribution in [3.8, 4) is 5.75 Å². The van der Waals surface area contributed by atoms with E-state index in [1.54, 1.807) is 0 Å². The summed E-state index contributed by atoms with van der Waals surface area (Å²) in [6, 6.07) is 0. The van der Waals surface area contributed by atoms with Crippen LogP contribution >= 0.6 is 0 Å². The first-order valence-corrected chi connectivity index (χ1v) is 5.17. The Balaban J connectivity index is 2.62. The van der Waals surface area contributed by atoms with Crippen molar-refractivity contribution < 1.29 is 4.74 Å². The summed E-state index contributed by atoms with van der Waals surface area (Å²) < 4.78 is 5.11. The molecule has 3 nitrogen and oxygen atoms in total.